The van der Waals surface area contributed by atoms with E-state index in [4.69, 9.17) is 9.97 Å². The number of benzene rings is 7. The minimum atomic E-state index is 0.724. The number of aromatic nitrogens is 2. The van der Waals surface area contributed by atoms with E-state index in [0.717, 1.165) is 33.9 Å². The van der Waals surface area contributed by atoms with Gasteiger partial charge in [-0.15, -0.1) is 0 Å². The van der Waals surface area contributed by atoms with E-state index in [1.165, 1.54) is 44.2 Å². The van der Waals surface area contributed by atoms with Crippen LogP contribution in [0.15, 0.2) is 182 Å². The second-order valence-electron chi connectivity index (χ2n) is 11.5. The first kappa shape index (κ1) is 27.4. The Kier molecular flexibility index (Phi) is 7.22. The van der Waals surface area contributed by atoms with Gasteiger partial charge in [-0.05, 0) is 62.4 Å². The summed E-state index contributed by atoms with van der Waals surface area (Å²) in [5.41, 5.74) is 12.2. The summed E-state index contributed by atoms with van der Waals surface area (Å²) >= 11 is 0. The molecule has 46 heavy (non-hydrogen) atoms. The van der Waals surface area contributed by atoms with Crippen LogP contribution in [0.25, 0.3) is 78.1 Å². The van der Waals surface area contributed by atoms with Gasteiger partial charge in [0.15, 0.2) is 5.82 Å². The van der Waals surface area contributed by atoms with Gasteiger partial charge >= 0.3 is 0 Å². The van der Waals surface area contributed by atoms with Crippen molar-refractivity contribution >= 4 is 10.8 Å². The third-order valence-corrected chi connectivity index (χ3v) is 8.51. The maximum absolute atomic E-state index is 4.98. The van der Waals surface area contributed by atoms with Crippen LogP contribution in [0.2, 0.25) is 0 Å². The zero-order valence-electron chi connectivity index (χ0n) is 25.2. The van der Waals surface area contributed by atoms with Gasteiger partial charge in [0.2, 0.25) is 0 Å². The molecule has 7 aromatic carbocycles. The Labute approximate surface area is 269 Å². The second-order valence-corrected chi connectivity index (χ2v) is 11.5. The highest BCUT2D eigenvalue weighted by molar-refractivity contribution is 5.91. The minimum absolute atomic E-state index is 0.724. The lowest BCUT2D eigenvalue weighted by atomic mass is 9.96. The van der Waals surface area contributed by atoms with Crippen LogP contribution in [0.3, 0.4) is 0 Å². The molecule has 0 saturated carbocycles. The molecule has 216 valence electrons. The van der Waals surface area contributed by atoms with Gasteiger partial charge in [0.1, 0.15) is 0 Å². The maximum Gasteiger partial charge on any atom is 0.160 e. The molecule has 8 aromatic rings. The van der Waals surface area contributed by atoms with Crippen molar-refractivity contribution in [3.8, 4) is 67.3 Å². The van der Waals surface area contributed by atoms with Crippen LogP contribution in [-0.4, -0.2) is 9.97 Å². The van der Waals surface area contributed by atoms with Crippen molar-refractivity contribution in [3.05, 3.63) is 182 Å². The van der Waals surface area contributed by atoms with Crippen molar-refractivity contribution in [2.24, 2.45) is 0 Å². The van der Waals surface area contributed by atoms with Gasteiger partial charge in [-0.3, -0.25) is 0 Å². The molecule has 1 heterocycles. The van der Waals surface area contributed by atoms with E-state index in [1.54, 1.807) is 0 Å². The number of fused-ring (bicyclic) bond motifs is 1. The largest absolute Gasteiger partial charge is 0.228 e. The summed E-state index contributed by atoms with van der Waals surface area (Å²) < 4.78 is 0. The molecule has 0 aliphatic carbocycles. The fourth-order valence-corrected chi connectivity index (χ4v) is 5.99. The van der Waals surface area contributed by atoms with Gasteiger partial charge in [0.25, 0.3) is 0 Å². The Morgan fingerprint density at radius 3 is 1.04 bits per heavy atom. The standard InChI is InChI=1S/C44H30N2/c1-4-10-31(11-5-1)32-16-18-33(19-17-32)38-24-26-41-29-39(25-27-40(41)28-38)34-20-22-36(23-21-34)43-30-42(35-12-6-2-7-13-35)45-44(46-43)37-14-8-3-9-15-37/h1-30H. The highest BCUT2D eigenvalue weighted by Crippen LogP contribution is 2.32. The van der Waals surface area contributed by atoms with Gasteiger partial charge in [-0.1, -0.05) is 164 Å². The monoisotopic (exact) mass is 586 g/mol. The van der Waals surface area contributed by atoms with Crippen LogP contribution < -0.4 is 0 Å². The van der Waals surface area contributed by atoms with E-state index >= 15 is 0 Å². The molecule has 1 aromatic heterocycles. The third kappa shape index (κ3) is 5.60. The molecule has 0 spiro atoms. The van der Waals surface area contributed by atoms with Gasteiger partial charge in [0, 0.05) is 16.7 Å². The summed E-state index contributed by atoms with van der Waals surface area (Å²) in [4.78, 5) is 9.91. The molecule has 0 radical (unpaired) electrons. The number of hydrogen-bond donors (Lipinski definition) is 0. The predicted molar refractivity (Wildman–Crippen MR) is 192 cm³/mol. The maximum atomic E-state index is 4.98. The number of hydrogen-bond acceptors (Lipinski definition) is 2. The van der Waals surface area contributed by atoms with Gasteiger partial charge < -0.3 is 0 Å². The van der Waals surface area contributed by atoms with Crippen LogP contribution in [0.4, 0.5) is 0 Å². The molecular weight excluding hydrogens is 556 g/mol. The first-order chi connectivity index (χ1) is 22.8. The van der Waals surface area contributed by atoms with E-state index in [9.17, 15) is 0 Å². The third-order valence-electron chi connectivity index (χ3n) is 8.51. The van der Waals surface area contributed by atoms with E-state index in [0.29, 0.717) is 0 Å². The summed E-state index contributed by atoms with van der Waals surface area (Å²) in [6.07, 6.45) is 0. The van der Waals surface area contributed by atoms with Gasteiger partial charge in [0.05, 0.1) is 11.4 Å². The lowest BCUT2D eigenvalue weighted by Crippen LogP contribution is -1.95. The molecule has 0 fully saturated rings. The van der Waals surface area contributed by atoms with Gasteiger partial charge in [-0.2, -0.15) is 0 Å². The molecule has 0 N–H and O–H groups in total. The Morgan fingerprint density at radius 2 is 0.565 bits per heavy atom. The zero-order valence-corrected chi connectivity index (χ0v) is 25.2. The van der Waals surface area contributed by atoms with Crippen molar-refractivity contribution in [2.45, 2.75) is 0 Å². The summed E-state index contributed by atoms with van der Waals surface area (Å²) in [5.74, 6) is 0.724. The number of rotatable bonds is 6. The minimum Gasteiger partial charge on any atom is -0.228 e. The summed E-state index contributed by atoms with van der Waals surface area (Å²) in [6, 6.07) is 64.0. The van der Waals surface area contributed by atoms with Crippen molar-refractivity contribution < 1.29 is 0 Å². The van der Waals surface area contributed by atoms with Crippen molar-refractivity contribution in [1.29, 1.82) is 0 Å². The lowest BCUT2D eigenvalue weighted by molar-refractivity contribution is 1.18. The molecule has 2 nitrogen and oxygen atoms in total. The summed E-state index contributed by atoms with van der Waals surface area (Å²) in [5, 5.41) is 2.45. The van der Waals surface area contributed by atoms with Crippen LogP contribution in [-0.2, 0) is 0 Å². The quantitative estimate of drug-likeness (QED) is 0.194. The fraction of sp³-hybridized carbons (Fsp3) is 0. The van der Waals surface area contributed by atoms with E-state index in [2.05, 4.69) is 146 Å². The summed E-state index contributed by atoms with van der Waals surface area (Å²) in [6.45, 7) is 0. The van der Waals surface area contributed by atoms with Crippen LogP contribution in [0, 0.1) is 0 Å². The zero-order chi connectivity index (χ0) is 30.7. The molecule has 0 unspecified atom stereocenters. The van der Waals surface area contributed by atoms with E-state index < -0.39 is 0 Å². The number of nitrogens with zero attached hydrogens (tertiary/aromatic N) is 2. The normalized spacial score (nSPS) is 11.0. The second kappa shape index (κ2) is 12.1. The smallest absolute Gasteiger partial charge is 0.160 e. The Balaban J connectivity index is 1.08. The average molecular weight is 587 g/mol. The summed E-state index contributed by atoms with van der Waals surface area (Å²) in [7, 11) is 0. The van der Waals surface area contributed by atoms with Crippen molar-refractivity contribution in [2.75, 3.05) is 0 Å². The molecular formula is C44H30N2. The van der Waals surface area contributed by atoms with Crippen LogP contribution in [0.1, 0.15) is 0 Å². The molecule has 0 bridgehead atoms. The first-order valence-electron chi connectivity index (χ1n) is 15.6. The van der Waals surface area contributed by atoms with Gasteiger partial charge in [-0.25, -0.2) is 9.97 Å². The average Bonchev–Trinajstić information content (AvgIpc) is 3.15. The molecule has 8 rings (SSSR count). The van der Waals surface area contributed by atoms with E-state index in [-0.39, 0.29) is 0 Å². The van der Waals surface area contributed by atoms with E-state index in [1.807, 2.05) is 36.4 Å². The fourth-order valence-electron chi connectivity index (χ4n) is 5.99. The molecule has 0 aliphatic heterocycles. The molecule has 0 saturated heterocycles. The molecule has 0 amide bonds. The highest BCUT2D eigenvalue weighted by Gasteiger charge is 2.11. The SMILES string of the molecule is c1ccc(-c2ccc(-c3ccc4cc(-c5ccc(-c6cc(-c7ccccc7)nc(-c7ccccc7)n6)cc5)ccc4c3)cc2)cc1. The highest BCUT2D eigenvalue weighted by atomic mass is 14.9. The Bertz CT molecular complexity index is 2200. The predicted octanol–water partition coefficient (Wildman–Crippen LogP) is 11.6. The molecule has 0 atom stereocenters. The van der Waals surface area contributed by atoms with Crippen LogP contribution >= 0.6 is 0 Å². The van der Waals surface area contributed by atoms with Crippen molar-refractivity contribution in [1.82, 2.24) is 9.97 Å². The Morgan fingerprint density at radius 1 is 0.239 bits per heavy atom. The van der Waals surface area contributed by atoms with Crippen LogP contribution in [0.5, 0.6) is 0 Å². The Hall–Kier alpha value is -6.12. The van der Waals surface area contributed by atoms with Crippen molar-refractivity contribution in [3.63, 3.8) is 0 Å². The molecule has 0 aliphatic rings. The lowest BCUT2D eigenvalue weighted by Gasteiger charge is -2.11. The topological polar surface area (TPSA) is 25.8 Å². The molecule has 2 heteroatoms. The first-order valence-corrected chi connectivity index (χ1v) is 15.6.